The number of nitrogens with two attached hydrogens (primary N) is 1. The molecular weight excluding hydrogens is 357 g/mol. The van der Waals surface area contributed by atoms with Crippen LogP contribution in [0, 0.1) is 5.41 Å². The average Bonchev–Trinajstić information content (AvgIpc) is 2.47. The van der Waals surface area contributed by atoms with Gasteiger partial charge in [0.15, 0.2) is 5.96 Å². The Labute approximate surface area is 150 Å². The van der Waals surface area contributed by atoms with Gasteiger partial charge in [-0.3, -0.25) is 15.5 Å². The van der Waals surface area contributed by atoms with E-state index in [0.29, 0.717) is 16.5 Å². The van der Waals surface area contributed by atoms with Gasteiger partial charge in [-0.05, 0) is 41.8 Å². The maximum atomic E-state index is 12.3. The second-order valence-electron chi connectivity index (χ2n) is 4.84. The van der Waals surface area contributed by atoms with Crippen molar-refractivity contribution in [2.24, 2.45) is 5.73 Å². The van der Waals surface area contributed by atoms with Crippen LogP contribution in [0.5, 0.6) is 0 Å². The molecule has 0 aliphatic heterocycles. The molecule has 0 aliphatic rings. The fourth-order valence-electron chi connectivity index (χ4n) is 2.13. The lowest BCUT2D eigenvalue weighted by Gasteiger charge is -2.17. The molecule has 1 amide bonds. The molecule has 1 atom stereocenters. The van der Waals surface area contributed by atoms with Crippen molar-refractivity contribution in [3.63, 3.8) is 0 Å². The van der Waals surface area contributed by atoms with Crippen LogP contribution in [-0.2, 0) is 11.2 Å². The third-order valence-corrected chi connectivity index (χ3v) is 3.70. The van der Waals surface area contributed by atoms with Crippen LogP contribution in [0.3, 0.4) is 0 Å². The molecule has 0 saturated carbocycles. The van der Waals surface area contributed by atoms with Gasteiger partial charge in [-0.25, -0.2) is 0 Å². The van der Waals surface area contributed by atoms with Crippen LogP contribution in [0.15, 0.2) is 48.5 Å². The van der Waals surface area contributed by atoms with E-state index in [-0.39, 0.29) is 24.3 Å². The highest BCUT2D eigenvalue weighted by Crippen LogP contribution is 2.24. The molecule has 0 fully saturated rings. The molecule has 7 heteroatoms. The van der Waals surface area contributed by atoms with Crippen LogP contribution in [0.1, 0.15) is 17.0 Å². The van der Waals surface area contributed by atoms with Crippen molar-refractivity contribution in [1.82, 2.24) is 5.32 Å². The van der Waals surface area contributed by atoms with Crippen LogP contribution in [-0.4, -0.2) is 11.9 Å². The van der Waals surface area contributed by atoms with Crippen LogP contribution in [0.2, 0.25) is 10.0 Å². The molecule has 0 aliphatic carbocycles. The Kier molecular flexibility index (Phi) is 7.36. The number of carbonyl (C=O) groups excluding carboxylic acids is 1. The number of benzene rings is 2. The second-order valence-corrected chi connectivity index (χ2v) is 5.71. The first-order chi connectivity index (χ1) is 10.5. The van der Waals surface area contributed by atoms with E-state index in [1.807, 2.05) is 12.1 Å². The normalized spacial score (nSPS) is 11.2. The van der Waals surface area contributed by atoms with E-state index in [1.54, 1.807) is 36.4 Å². The Morgan fingerprint density at radius 2 is 1.52 bits per heavy atom. The minimum absolute atomic E-state index is 0. The molecule has 0 aromatic heterocycles. The fourth-order valence-corrected chi connectivity index (χ4v) is 2.39. The lowest BCUT2D eigenvalue weighted by molar-refractivity contribution is -0.121. The molecule has 2 rings (SSSR count). The van der Waals surface area contributed by atoms with Crippen LogP contribution < -0.4 is 11.1 Å². The molecule has 2 aromatic carbocycles. The summed E-state index contributed by atoms with van der Waals surface area (Å²) >= 11 is 11.8. The van der Waals surface area contributed by atoms with Gasteiger partial charge in [-0.15, -0.1) is 12.4 Å². The molecule has 0 spiro atoms. The third kappa shape index (κ3) is 5.75. The quantitative estimate of drug-likeness (QED) is 0.564. The zero-order valence-corrected chi connectivity index (χ0v) is 14.4. The number of hydrogen-bond donors (Lipinski definition) is 3. The molecule has 122 valence electrons. The predicted octanol–water partition coefficient (Wildman–Crippen LogP) is 3.75. The molecule has 2 aromatic rings. The minimum atomic E-state index is -0.470. The molecule has 0 heterocycles. The summed E-state index contributed by atoms with van der Waals surface area (Å²) in [6, 6.07) is 14.3. The number of rotatable bonds is 4. The van der Waals surface area contributed by atoms with E-state index in [1.165, 1.54) is 0 Å². The highest BCUT2D eigenvalue weighted by Gasteiger charge is 2.21. The first-order valence-electron chi connectivity index (χ1n) is 6.60. The average molecular weight is 373 g/mol. The Morgan fingerprint density at radius 3 is 2.00 bits per heavy atom. The summed E-state index contributed by atoms with van der Waals surface area (Å²) < 4.78 is 0. The van der Waals surface area contributed by atoms with Crippen molar-refractivity contribution in [2.75, 3.05) is 0 Å². The van der Waals surface area contributed by atoms with Crippen molar-refractivity contribution in [3.8, 4) is 0 Å². The third-order valence-electron chi connectivity index (χ3n) is 3.20. The van der Waals surface area contributed by atoms with E-state index < -0.39 is 5.92 Å². The molecule has 0 saturated heterocycles. The SMILES string of the molecule is Cl.N=C(N)NC(=O)C(Cc1ccc(Cl)cc1)c1ccc(Cl)cc1. The zero-order valence-electron chi connectivity index (χ0n) is 12.1. The summed E-state index contributed by atoms with van der Waals surface area (Å²) in [7, 11) is 0. The predicted molar refractivity (Wildman–Crippen MR) is 96.7 cm³/mol. The van der Waals surface area contributed by atoms with Crippen molar-refractivity contribution >= 4 is 47.5 Å². The van der Waals surface area contributed by atoms with Gasteiger partial charge in [0.25, 0.3) is 0 Å². The number of nitrogens with one attached hydrogen (secondary N) is 2. The summed E-state index contributed by atoms with van der Waals surface area (Å²) in [5.74, 6) is -1.17. The molecule has 4 nitrogen and oxygen atoms in total. The number of guanidine groups is 1. The molecule has 0 radical (unpaired) electrons. The van der Waals surface area contributed by atoms with Crippen LogP contribution >= 0.6 is 35.6 Å². The van der Waals surface area contributed by atoms with Gasteiger partial charge in [-0.2, -0.15) is 0 Å². The zero-order chi connectivity index (χ0) is 16.1. The smallest absolute Gasteiger partial charge is 0.234 e. The number of hydrogen-bond acceptors (Lipinski definition) is 2. The lowest BCUT2D eigenvalue weighted by Crippen LogP contribution is -2.39. The summed E-state index contributed by atoms with van der Waals surface area (Å²) in [5, 5.41) is 10.8. The molecule has 0 bridgehead atoms. The Balaban J connectivity index is 0.00000264. The van der Waals surface area contributed by atoms with Crippen LogP contribution in [0.25, 0.3) is 0 Å². The number of amides is 1. The number of halogens is 3. The van der Waals surface area contributed by atoms with Gasteiger partial charge >= 0.3 is 0 Å². The lowest BCUT2D eigenvalue weighted by atomic mass is 9.91. The maximum Gasteiger partial charge on any atom is 0.234 e. The summed E-state index contributed by atoms with van der Waals surface area (Å²) in [5.41, 5.74) is 7.02. The van der Waals surface area contributed by atoms with Gasteiger partial charge in [0.2, 0.25) is 5.91 Å². The van der Waals surface area contributed by atoms with E-state index in [9.17, 15) is 4.79 Å². The molecule has 23 heavy (non-hydrogen) atoms. The molecule has 1 unspecified atom stereocenters. The largest absolute Gasteiger partial charge is 0.370 e. The van der Waals surface area contributed by atoms with Crippen molar-refractivity contribution in [2.45, 2.75) is 12.3 Å². The first kappa shape index (κ1) is 19.3. The second kappa shape index (κ2) is 8.77. The van der Waals surface area contributed by atoms with E-state index in [2.05, 4.69) is 5.32 Å². The topological polar surface area (TPSA) is 79.0 Å². The summed E-state index contributed by atoms with van der Waals surface area (Å²) in [4.78, 5) is 12.3. The standard InChI is InChI=1S/C16H15Cl2N3O.ClH/c17-12-5-1-10(2-6-12)9-14(15(22)21-16(19)20)11-3-7-13(18)8-4-11;/h1-8,14H,9H2,(H4,19,20,21,22);1H. The van der Waals surface area contributed by atoms with Crippen LogP contribution in [0.4, 0.5) is 0 Å². The van der Waals surface area contributed by atoms with Gasteiger partial charge < -0.3 is 5.73 Å². The molecule has 4 N–H and O–H groups in total. The summed E-state index contributed by atoms with van der Waals surface area (Å²) in [6.45, 7) is 0. The van der Waals surface area contributed by atoms with Gasteiger partial charge in [0.1, 0.15) is 0 Å². The van der Waals surface area contributed by atoms with Crippen molar-refractivity contribution in [3.05, 3.63) is 69.7 Å². The van der Waals surface area contributed by atoms with E-state index >= 15 is 0 Å². The van der Waals surface area contributed by atoms with Gasteiger partial charge in [-0.1, -0.05) is 47.5 Å². The monoisotopic (exact) mass is 371 g/mol. The van der Waals surface area contributed by atoms with Gasteiger partial charge in [0, 0.05) is 10.0 Å². The van der Waals surface area contributed by atoms with E-state index in [4.69, 9.17) is 34.3 Å². The van der Waals surface area contributed by atoms with Crippen molar-refractivity contribution in [1.29, 1.82) is 5.41 Å². The Bertz CT molecular complexity index is 672. The Hall–Kier alpha value is -1.75. The Morgan fingerprint density at radius 1 is 1.04 bits per heavy atom. The van der Waals surface area contributed by atoms with Crippen molar-refractivity contribution < 1.29 is 4.79 Å². The number of carbonyl (C=O) groups is 1. The highest BCUT2D eigenvalue weighted by molar-refractivity contribution is 6.30. The first-order valence-corrected chi connectivity index (χ1v) is 7.36. The van der Waals surface area contributed by atoms with E-state index in [0.717, 1.165) is 11.1 Å². The van der Waals surface area contributed by atoms with Gasteiger partial charge in [0.05, 0.1) is 5.92 Å². The highest BCUT2D eigenvalue weighted by atomic mass is 35.5. The summed E-state index contributed by atoms with van der Waals surface area (Å²) in [6.07, 6.45) is 0.470. The molecular formula is C16H16Cl3N3O. The fraction of sp³-hybridized carbons (Fsp3) is 0.125. The maximum absolute atomic E-state index is 12.3. The minimum Gasteiger partial charge on any atom is -0.370 e.